The Morgan fingerprint density at radius 1 is 1.06 bits per heavy atom. The van der Waals surface area contributed by atoms with E-state index >= 15 is 0 Å². The highest BCUT2D eigenvalue weighted by Crippen LogP contribution is 2.24. The van der Waals surface area contributed by atoms with E-state index in [2.05, 4.69) is 4.98 Å². The number of aryl methyl sites for hydroxylation is 1. The van der Waals surface area contributed by atoms with Crippen LogP contribution in [0.5, 0.6) is 0 Å². The Hall–Kier alpha value is -1.58. The molecule has 0 amide bonds. The Bertz CT molecular complexity index is 500. The molecule has 1 aromatic heterocycles. The van der Waals surface area contributed by atoms with Gasteiger partial charge in [-0.1, -0.05) is 24.3 Å². The number of aromatic nitrogens is 1. The summed E-state index contributed by atoms with van der Waals surface area (Å²) in [7, 11) is 0. The van der Waals surface area contributed by atoms with Crippen LogP contribution >= 0.6 is 0 Å². The summed E-state index contributed by atoms with van der Waals surface area (Å²) in [5.74, 6) is 0. The molecule has 0 aliphatic rings. The van der Waals surface area contributed by atoms with E-state index in [1.165, 1.54) is 0 Å². The van der Waals surface area contributed by atoms with Gasteiger partial charge in [0, 0.05) is 24.2 Å². The number of rotatable bonds is 3. The highest BCUT2D eigenvalue weighted by Gasteiger charge is 2.26. The number of hydrogen-bond donors (Lipinski definition) is 0. The van der Waals surface area contributed by atoms with Crippen LogP contribution in [0.2, 0.25) is 0 Å². The SMILES string of the molecule is FC(F)(F)CCCc1cncc2ccccc12. The van der Waals surface area contributed by atoms with E-state index in [0.29, 0.717) is 6.42 Å². The maximum atomic E-state index is 12.1. The number of benzene rings is 1. The fourth-order valence-corrected chi connectivity index (χ4v) is 1.86. The van der Waals surface area contributed by atoms with Gasteiger partial charge in [0.25, 0.3) is 0 Å². The van der Waals surface area contributed by atoms with Crippen LogP contribution in [0, 0.1) is 0 Å². The molecular weight excluding hydrogens is 227 g/mol. The average Bonchev–Trinajstić information content (AvgIpc) is 2.28. The van der Waals surface area contributed by atoms with Gasteiger partial charge in [-0.2, -0.15) is 13.2 Å². The molecule has 0 saturated heterocycles. The number of nitrogens with zero attached hydrogens (tertiary/aromatic N) is 1. The van der Waals surface area contributed by atoms with Crippen molar-refractivity contribution in [1.29, 1.82) is 0 Å². The minimum absolute atomic E-state index is 0.110. The molecule has 0 spiro atoms. The second-order valence-electron chi connectivity index (χ2n) is 3.99. The molecule has 17 heavy (non-hydrogen) atoms. The van der Waals surface area contributed by atoms with E-state index in [1.807, 2.05) is 24.3 Å². The second kappa shape index (κ2) is 4.73. The zero-order chi connectivity index (χ0) is 12.3. The van der Waals surface area contributed by atoms with E-state index in [1.54, 1.807) is 12.4 Å². The first-order valence-electron chi connectivity index (χ1n) is 5.45. The number of pyridine rings is 1. The van der Waals surface area contributed by atoms with E-state index < -0.39 is 12.6 Å². The third kappa shape index (κ3) is 3.19. The van der Waals surface area contributed by atoms with Crippen molar-refractivity contribution in [3.63, 3.8) is 0 Å². The van der Waals surface area contributed by atoms with Gasteiger partial charge < -0.3 is 0 Å². The number of fused-ring (bicyclic) bond motifs is 1. The predicted octanol–water partition coefficient (Wildman–Crippen LogP) is 4.12. The predicted molar refractivity (Wildman–Crippen MR) is 60.7 cm³/mol. The lowest BCUT2D eigenvalue weighted by atomic mass is 10.0. The highest BCUT2D eigenvalue weighted by atomic mass is 19.4. The molecular formula is C13H12F3N. The number of alkyl halides is 3. The molecule has 0 saturated carbocycles. The molecule has 1 nitrogen and oxygen atoms in total. The third-order valence-electron chi connectivity index (χ3n) is 2.66. The lowest BCUT2D eigenvalue weighted by molar-refractivity contribution is -0.135. The van der Waals surface area contributed by atoms with Gasteiger partial charge in [0.2, 0.25) is 0 Å². The van der Waals surface area contributed by atoms with E-state index in [9.17, 15) is 13.2 Å². The molecule has 2 aromatic rings. The summed E-state index contributed by atoms with van der Waals surface area (Å²) in [6.45, 7) is 0. The van der Waals surface area contributed by atoms with Gasteiger partial charge in [0.15, 0.2) is 0 Å². The molecule has 1 heterocycles. The van der Waals surface area contributed by atoms with Gasteiger partial charge in [-0.25, -0.2) is 0 Å². The van der Waals surface area contributed by atoms with Crippen molar-refractivity contribution in [2.24, 2.45) is 0 Å². The summed E-state index contributed by atoms with van der Waals surface area (Å²) in [5, 5.41) is 1.96. The molecule has 0 aliphatic heterocycles. The monoisotopic (exact) mass is 239 g/mol. The molecule has 0 aliphatic carbocycles. The van der Waals surface area contributed by atoms with Crippen molar-refractivity contribution in [3.05, 3.63) is 42.2 Å². The molecule has 1 aromatic carbocycles. The maximum Gasteiger partial charge on any atom is 0.389 e. The summed E-state index contributed by atoms with van der Waals surface area (Å²) in [6, 6.07) is 7.61. The van der Waals surface area contributed by atoms with Crippen molar-refractivity contribution >= 4 is 10.8 Å². The average molecular weight is 239 g/mol. The van der Waals surface area contributed by atoms with Gasteiger partial charge in [-0.3, -0.25) is 4.98 Å². The van der Waals surface area contributed by atoms with Crippen LogP contribution in [0.25, 0.3) is 10.8 Å². The van der Waals surface area contributed by atoms with Crippen molar-refractivity contribution in [2.75, 3.05) is 0 Å². The first-order valence-corrected chi connectivity index (χ1v) is 5.45. The van der Waals surface area contributed by atoms with Gasteiger partial charge in [-0.15, -0.1) is 0 Å². The van der Waals surface area contributed by atoms with Crippen molar-refractivity contribution < 1.29 is 13.2 Å². The molecule has 0 atom stereocenters. The Morgan fingerprint density at radius 2 is 1.82 bits per heavy atom. The fraction of sp³-hybridized carbons (Fsp3) is 0.308. The fourth-order valence-electron chi connectivity index (χ4n) is 1.86. The van der Waals surface area contributed by atoms with E-state index in [4.69, 9.17) is 0 Å². The van der Waals surface area contributed by atoms with Crippen LogP contribution in [0.4, 0.5) is 13.2 Å². The molecule has 0 unspecified atom stereocenters. The highest BCUT2D eigenvalue weighted by molar-refractivity contribution is 5.84. The van der Waals surface area contributed by atoms with E-state index in [0.717, 1.165) is 16.3 Å². The van der Waals surface area contributed by atoms with Gasteiger partial charge in [0.05, 0.1) is 0 Å². The Morgan fingerprint density at radius 3 is 2.59 bits per heavy atom. The zero-order valence-corrected chi connectivity index (χ0v) is 9.17. The summed E-state index contributed by atoms with van der Waals surface area (Å²) < 4.78 is 36.2. The third-order valence-corrected chi connectivity index (χ3v) is 2.66. The lowest BCUT2D eigenvalue weighted by Crippen LogP contribution is -2.07. The summed E-state index contributed by atoms with van der Waals surface area (Å²) >= 11 is 0. The standard InChI is InChI=1S/C13H12F3N/c14-13(15,16)7-3-5-11-9-17-8-10-4-1-2-6-12(10)11/h1-2,4,6,8-9H,3,5,7H2. The second-order valence-corrected chi connectivity index (χ2v) is 3.99. The topological polar surface area (TPSA) is 12.9 Å². The number of hydrogen-bond acceptors (Lipinski definition) is 1. The normalized spacial score (nSPS) is 11.9. The summed E-state index contributed by atoms with van der Waals surface area (Å²) in [6.07, 6.45) is -0.914. The first-order chi connectivity index (χ1) is 8.06. The largest absolute Gasteiger partial charge is 0.389 e. The Labute approximate surface area is 97.3 Å². The molecule has 4 heteroatoms. The van der Waals surface area contributed by atoms with Crippen LogP contribution in [-0.4, -0.2) is 11.2 Å². The smallest absolute Gasteiger partial charge is 0.264 e. The Balaban J connectivity index is 2.13. The molecule has 0 fully saturated rings. The van der Waals surface area contributed by atoms with E-state index in [-0.39, 0.29) is 6.42 Å². The quantitative estimate of drug-likeness (QED) is 0.785. The van der Waals surface area contributed by atoms with Gasteiger partial charge in [-0.05, 0) is 23.8 Å². The molecule has 90 valence electrons. The molecule has 2 rings (SSSR count). The molecule has 0 bridgehead atoms. The summed E-state index contributed by atoms with van der Waals surface area (Å²) in [4.78, 5) is 4.05. The van der Waals surface area contributed by atoms with Crippen LogP contribution in [0.1, 0.15) is 18.4 Å². The van der Waals surface area contributed by atoms with Crippen molar-refractivity contribution in [1.82, 2.24) is 4.98 Å². The van der Waals surface area contributed by atoms with Crippen LogP contribution in [-0.2, 0) is 6.42 Å². The van der Waals surface area contributed by atoms with Crippen molar-refractivity contribution in [2.45, 2.75) is 25.4 Å². The Kier molecular flexibility index (Phi) is 3.31. The lowest BCUT2D eigenvalue weighted by Gasteiger charge is -2.07. The molecule has 0 radical (unpaired) electrons. The van der Waals surface area contributed by atoms with Gasteiger partial charge >= 0.3 is 6.18 Å². The first kappa shape index (κ1) is 11.9. The minimum atomic E-state index is -4.07. The van der Waals surface area contributed by atoms with Crippen LogP contribution < -0.4 is 0 Å². The minimum Gasteiger partial charge on any atom is -0.264 e. The summed E-state index contributed by atoms with van der Waals surface area (Å²) in [5.41, 5.74) is 0.882. The molecule has 0 N–H and O–H groups in total. The number of halogens is 3. The zero-order valence-electron chi connectivity index (χ0n) is 9.17. The maximum absolute atomic E-state index is 12.1. The van der Waals surface area contributed by atoms with Gasteiger partial charge in [0.1, 0.15) is 0 Å². The van der Waals surface area contributed by atoms with Crippen molar-refractivity contribution in [3.8, 4) is 0 Å². The van der Waals surface area contributed by atoms with Crippen LogP contribution in [0.3, 0.4) is 0 Å². The van der Waals surface area contributed by atoms with Crippen LogP contribution in [0.15, 0.2) is 36.7 Å².